The minimum atomic E-state index is -0.722. The number of thioether (sulfide) groups is 1. The van der Waals surface area contributed by atoms with E-state index in [1.165, 1.54) is 0 Å². The Morgan fingerprint density at radius 3 is 3.07 bits per heavy atom. The van der Waals surface area contributed by atoms with Gasteiger partial charge in [-0.1, -0.05) is 0 Å². The highest BCUT2D eigenvalue weighted by molar-refractivity contribution is 7.99. The van der Waals surface area contributed by atoms with E-state index in [1.807, 2.05) is 11.8 Å². The molecule has 0 saturated carbocycles. The first kappa shape index (κ1) is 11.8. The third-order valence-corrected chi connectivity index (χ3v) is 3.45. The van der Waals surface area contributed by atoms with Crippen LogP contribution in [0, 0.1) is 0 Å². The maximum atomic E-state index is 11.0. The Kier molecular flexibility index (Phi) is 4.71. The molecule has 1 fully saturated rings. The number of hydrogen-bond donors (Lipinski definition) is 1. The molecule has 0 bridgehead atoms. The second-order valence-corrected chi connectivity index (χ2v) is 4.62. The second-order valence-electron chi connectivity index (χ2n) is 3.47. The summed E-state index contributed by atoms with van der Waals surface area (Å²) in [6.45, 7) is 3.44. The summed E-state index contributed by atoms with van der Waals surface area (Å²) in [4.78, 5) is 13.0. The number of carboxylic acids is 1. The monoisotopic (exact) mass is 219 g/mol. The van der Waals surface area contributed by atoms with Gasteiger partial charge in [0.05, 0.1) is 6.61 Å². The van der Waals surface area contributed by atoms with E-state index in [0.717, 1.165) is 12.3 Å². The lowest BCUT2D eigenvalue weighted by Crippen LogP contribution is -2.52. The molecular weight excluding hydrogens is 202 g/mol. The van der Waals surface area contributed by atoms with Gasteiger partial charge in [0, 0.05) is 31.2 Å². The zero-order valence-corrected chi connectivity index (χ0v) is 9.42. The van der Waals surface area contributed by atoms with Crippen LogP contribution < -0.4 is 0 Å². The Bertz CT molecular complexity index is 200. The van der Waals surface area contributed by atoms with Gasteiger partial charge in [-0.15, -0.1) is 0 Å². The van der Waals surface area contributed by atoms with Crippen molar-refractivity contribution in [1.82, 2.24) is 4.90 Å². The quantitative estimate of drug-likeness (QED) is 0.747. The third kappa shape index (κ3) is 2.87. The average molecular weight is 219 g/mol. The van der Waals surface area contributed by atoms with Crippen molar-refractivity contribution in [3.05, 3.63) is 0 Å². The molecule has 1 saturated heterocycles. The topological polar surface area (TPSA) is 49.8 Å². The molecule has 0 aliphatic carbocycles. The summed E-state index contributed by atoms with van der Waals surface area (Å²) in [6, 6.07) is -0.166. The van der Waals surface area contributed by atoms with Gasteiger partial charge in [0.15, 0.2) is 0 Å². The second kappa shape index (κ2) is 5.58. The van der Waals surface area contributed by atoms with Gasteiger partial charge in [0.2, 0.25) is 0 Å². The maximum absolute atomic E-state index is 11.0. The zero-order chi connectivity index (χ0) is 10.6. The molecule has 4 nitrogen and oxygen atoms in total. The van der Waals surface area contributed by atoms with Crippen LogP contribution in [0.2, 0.25) is 0 Å². The van der Waals surface area contributed by atoms with Crippen molar-refractivity contribution in [1.29, 1.82) is 0 Å². The summed E-state index contributed by atoms with van der Waals surface area (Å²) in [5.74, 6) is 0.974. The summed E-state index contributed by atoms with van der Waals surface area (Å²) in [5, 5.41) is 9.03. The highest BCUT2D eigenvalue weighted by Crippen LogP contribution is 2.19. The summed E-state index contributed by atoms with van der Waals surface area (Å²) in [7, 11) is 1.64. The SMILES string of the molecule is COCC(C)N1CCSCC1C(=O)O. The Labute approximate surface area is 88.6 Å². The van der Waals surface area contributed by atoms with Gasteiger partial charge < -0.3 is 9.84 Å². The number of carbonyl (C=O) groups is 1. The zero-order valence-electron chi connectivity index (χ0n) is 8.60. The first-order valence-electron chi connectivity index (χ1n) is 4.72. The maximum Gasteiger partial charge on any atom is 0.321 e. The van der Waals surface area contributed by atoms with E-state index >= 15 is 0 Å². The van der Waals surface area contributed by atoms with E-state index in [0.29, 0.717) is 12.4 Å². The average Bonchev–Trinajstić information content (AvgIpc) is 2.18. The highest BCUT2D eigenvalue weighted by Gasteiger charge is 2.31. The van der Waals surface area contributed by atoms with Gasteiger partial charge in [-0.25, -0.2) is 0 Å². The van der Waals surface area contributed by atoms with Crippen molar-refractivity contribution in [3.8, 4) is 0 Å². The fourth-order valence-corrected chi connectivity index (χ4v) is 2.76. The standard InChI is InChI=1S/C9H17NO3S/c1-7(5-13-2)10-3-4-14-6-8(10)9(11)12/h7-8H,3-6H2,1-2H3,(H,11,12). The van der Waals surface area contributed by atoms with Gasteiger partial charge in [0.25, 0.3) is 0 Å². The lowest BCUT2D eigenvalue weighted by atomic mass is 10.2. The molecule has 14 heavy (non-hydrogen) atoms. The van der Waals surface area contributed by atoms with Crippen molar-refractivity contribution >= 4 is 17.7 Å². The highest BCUT2D eigenvalue weighted by atomic mass is 32.2. The van der Waals surface area contributed by atoms with Crippen LogP contribution in [0.5, 0.6) is 0 Å². The molecule has 0 spiro atoms. The summed E-state index contributed by atoms with van der Waals surface area (Å²) < 4.78 is 5.04. The number of hydrogen-bond acceptors (Lipinski definition) is 4. The Morgan fingerprint density at radius 2 is 2.50 bits per heavy atom. The number of carboxylic acid groups (broad SMARTS) is 1. The Hall–Kier alpha value is -0.260. The molecular formula is C9H17NO3S. The molecule has 0 aromatic carbocycles. The lowest BCUT2D eigenvalue weighted by Gasteiger charge is -2.36. The number of ether oxygens (including phenoxy) is 1. The van der Waals surface area contributed by atoms with Crippen LogP contribution in [-0.2, 0) is 9.53 Å². The van der Waals surface area contributed by atoms with Crippen LogP contribution in [0.15, 0.2) is 0 Å². The summed E-state index contributed by atoms with van der Waals surface area (Å²) >= 11 is 1.71. The number of nitrogens with zero attached hydrogens (tertiary/aromatic N) is 1. The fourth-order valence-electron chi connectivity index (χ4n) is 1.69. The van der Waals surface area contributed by atoms with Crippen molar-refractivity contribution in [2.45, 2.75) is 19.0 Å². The van der Waals surface area contributed by atoms with E-state index in [1.54, 1.807) is 18.9 Å². The van der Waals surface area contributed by atoms with E-state index < -0.39 is 5.97 Å². The first-order chi connectivity index (χ1) is 6.66. The molecule has 2 unspecified atom stereocenters. The molecule has 82 valence electrons. The molecule has 1 aliphatic rings. The molecule has 1 rings (SSSR count). The predicted molar refractivity (Wildman–Crippen MR) is 56.8 cm³/mol. The molecule has 1 heterocycles. The molecule has 0 amide bonds. The minimum absolute atomic E-state index is 0.182. The Balaban J connectivity index is 2.57. The summed E-state index contributed by atoms with van der Waals surface area (Å²) in [5.41, 5.74) is 0. The minimum Gasteiger partial charge on any atom is -0.480 e. The van der Waals surface area contributed by atoms with Gasteiger partial charge in [-0.05, 0) is 6.92 Å². The normalized spacial score (nSPS) is 26.0. The van der Waals surface area contributed by atoms with Crippen LogP contribution in [0.3, 0.4) is 0 Å². The van der Waals surface area contributed by atoms with Crippen LogP contribution in [-0.4, -0.2) is 59.8 Å². The van der Waals surface area contributed by atoms with E-state index in [9.17, 15) is 4.79 Å². The van der Waals surface area contributed by atoms with Crippen molar-refractivity contribution < 1.29 is 14.6 Å². The molecule has 1 aliphatic heterocycles. The predicted octanol–water partition coefficient (Wildman–Crippen LogP) is 0.523. The molecule has 1 N–H and O–H groups in total. The molecule has 5 heteroatoms. The van der Waals surface area contributed by atoms with E-state index in [-0.39, 0.29) is 12.1 Å². The van der Waals surface area contributed by atoms with E-state index in [4.69, 9.17) is 9.84 Å². The van der Waals surface area contributed by atoms with Crippen LogP contribution >= 0.6 is 11.8 Å². The van der Waals surface area contributed by atoms with Crippen LogP contribution in [0.4, 0.5) is 0 Å². The number of rotatable bonds is 4. The molecule has 2 atom stereocenters. The van der Waals surface area contributed by atoms with Gasteiger partial charge in [-0.3, -0.25) is 9.69 Å². The van der Waals surface area contributed by atoms with Crippen LogP contribution in [0.25, 0.3) is 0 Å². The van der Waals surface area contributed by atoms with Crippen LogP contribution in [0.1, 0.15) is 6.92 Å². The smallest absolute Gasteiger partial charge is 0.321 e. The largest absolute Gasteiger partial charge is 0.480 e. The third-order valence-electron chi connectivity index (χ3n) is 2.43. The molecule has 0 aromatic rings. The summed E-state index contributed by atoms with van der Waals surface area (Å²) in [6.07, 6.45) is 0. The number of aliphatic carboxylic acids is 1. The van der Waals surface area contributed by atoms with Gasteiger partial charge in [0.1, 0.15) is 6.04 Å². The van der Waals surface area contributed by atoms with Crippen molar-refractivity contribution in [2.24, 2.45) is 0 Å². The van der Waals surface area contributed by atoms with Gasteiger partial charge >= 0.3 is 5.97 Å². The van der Waals surface area contributed by atoms with E-state index in [2.05, 4.69) is 0 Å². The Morgan fingerprint density at radius 1 is 1.79 bits per heavy atom. The molecule has 0 aromatic heterocycles. The van der Waals surface area contributed by atoms with Gasteiger partial charge in [-0.2, -0.15) is 11.8 Å². The number of methoxy groups -OCH3 is 1. The van der Waals surface area contributed by atoms with Crippen molar-refractivity contribution in [3.63, 3.8) is 0 Å². The first-order valence-corrected chi connectivity index (χ1v) is 5.87. The fraction of sp³-hybridized carbons (Fsp3) is 0.889. The van der Waals surface area contributed by atoms with Crippen molar-refractivity contribution in [2.75, 3.05) is 31.8 Å². The lowest BCUT2D eigenvalue weighted by molar-refractivity contribution is -0.143. The molecule has 0 radical (unpaired) electrons.